The zero-order valence-electron chi connectivity index (χ0n) is 14.2. The molecule has 5 heteroatoms. The Morgan fingerprint density at radius 3 is 2.42 bits per heavy atom. The van der Waals surface area contributed by atoms with Crippen molar-refractivity contribution in [1.82, 2.24) is 0 Å². The minimum absolute atomic E-state index is 0.0595. The van der Waals surface area contributed by atoms with E-state index in [2.05, 4.69) is 12.2 Å². The van der Waals surface area contributed by atoms with E-state index in [4.69, 9.17) is 21.1 Å². The Bertz CT molecular complexity index is 699. The molecule has 2 aromatic rings. The predicted molar refractivity (Wildman–Crippen MR) is 97.3 cm³/mol. The molecule has 0 aliphatic carbocycles. The van der Waals surface area contributed by atoms with Crippen molar-refractivity contribution in [2.24, 2.45) is 0 Å². The Balaban J connectivity index is 1.88. The van der Waals surface area contributed by atoms with Gasteiger partial charge in [0.2, 0.25) is 0 Å². The Morgan fingerprint density at radius 2 is 1.75 bits per heavy atom. The Labute approximate surface area is 147 Å². The molecule has 0 saturated heterocycles. The maximum absolute atomic E-state index is 12.0. The molecule has 1 amide bonds. The third-order valence-electron chi connectivity index (χ3n) is 3.64. The largest absolute Gasteiger partial charge is 0.494 e. The number of carbonyl (C=O) groups is 1. The number of benzene rings is 2. The summed E-state index contributed by atoms with van der Waals surface area (Å²) in [6.07, 6.45) is 0.958. The van der Waals surface area contributed by atoms with Gasteiger partial charge in [0.25, 0.3) is 5.91 Å². The van der Waals surface area contributed by atoms with Gasteiger partial charge in [0.05, 0.1) is 6.61 Å². The highest BCUT2D eigenvalue weighted by molar-refractivity contribution is 6.31. The Hall–Kier alpha value is -2.20. The number of hydrogen-bond acceptors (Lipinski definition) is 3. The van der Waals surface area contributed by atoms with Crippen LogP contribution in [0.5, 0.6) is 11.5 Å². The molecule has 0 radical (unpaired) electrons. The number of halogens is 1. The quantitative estimate of drug-likeness (QED) is 0.785. The molecule has 0 aromatic heterocycles. The number of carbonyl (C=O) groups excluding carboxylic acids is 1. The third-order valence-corrected chi connectivity index (χ3v) is 4.05. The van der Waals surface area contributed by atoms with Crippen LogP contribution in [0.25, 0.3) is 0 Å². The molecule has 4 nitrogen and oxygen atoms in total. The van der Waals surface area contributed by atoms with Crippen molar-refractivity contribution in [2.45, 2.75) is 27.2 Å². The van der Waals surface area contributed by atoms with Crippen LogP contribution in [-0.4, -0.2) is 19.1 Å². The van der Waals surface area contributed by atoms with Crippen LogP contribution in [-0.2, 0) is 4.79 Å². The SMILES string of the molecule is CCCOc1ccc(NC(=O)COc2ccc(Cl)c(C)c2C)cc1. The van der Waals surface area contributed by atoms with Gasteiger partial charge in [-0.2, -0.15) is 0 Å². The van der Waals surface area contributed by atoms with E-state index in [0.29, 0.717) is 23.1 Å². The fraction of sp³-hybridized carbons (Fsp3) is 0.316. The molecule has 24 heavy (non-hydrogen) atoms. The second kappa shape index (κ2) is 8.60. The Morgan fingerprint density at radius 1 is 1.04 bits per heavy atom. The second-order valence-corrected chi connectivity index (χ2v) is 5.91. The molecule has 2 rings (SSSR count). The van der Waals surface area contributed by atoms with Crippen LogP contribution >= 0.6 is 11.6 Å². The summed E-state index contributed by atoms with van der Waals surface area (Å²) < 4.78 is 11.1. The molecular weight excluding hydrogens is 326 g/mol. The normalized spacial score (nSPS) is 10.3. The zero-order chi connectivity index (χ0) is 17.5. The first kappa shape index (κ1) is 18.1. The molecule has 0 atom stereocenters. The van der Waals surface area contributed by atoms with Crippen LogP contribution in [0, 0.1) is 13.8 Å². The lowest BCUT2D eigenvalue weighted by Crippen LogP contribution is -2.20. The molecule has 0 unspecified atom stereocenters. The molecule has 0 bridgehead atoms. The van der Waals surface area contributed by atoms with Crippen LogP contribution in [0.3, 0.4) is 0 Å². The van der Waals surface area contributed by atoms with Gasteiger partial charge in [-0.15, -0.1) is 0 Å². The Kier molecular flexibility index (Phi) is 6.50. The fourth-order valence-corrected chi connectivity index (χ4v) is 2.32. The van der Waals surface area contributed by atoms with Crippen LogP contribution < -0.4 is 14.8 Å². The smallest absolute Gasteiger partial charge is 0.262 e. The van der Waals surface area contributed by atoms with Crippen molar-refractivity contribution >= 4 is 23.2 Å². The maximum Gasteiger partial charge on any atom is 0.262 e. The lowest BCUT2D eigenvalue weighted by molar-refractivity contribution is -0.118. The topological polar surface area (TPSA) is 47.6 Å². The van der Waals surface area contributed by atoms with E-state index in [0.717, 1.165) is 23.3 Å². The van der Waals surface area contributed by atoms with Crippen LogP contribution in [0.15, 0.2) is 36.4 Å². The van der Waals surface area contributed by atoms with E-state index in [1.807, 2.05) is 26.0 Å². The molecular formula is C19H22ClNO3. The van der Waals surface area contributed by atoms with Gasteiger partial charge in [-0.05, 0) is 67.8 Å². The van der Waals surface area contributed by atoms with E-state index < -0.39 is 0 Å². The van der Waals surface area contributed by atoms with Crippen molar-refractivity contribution in [3.8, 4) is 11.5 Å². The molecule has 0 aliphatic heterocycles. The van der Waals surface area contributed by atoms with Crippen molar-refractivity contribution in [1.29, 1.82) is 0 Å². The molecule has 128 valence electrons. The van der Waals surface area contributed by atoms with E-state index >= 15 is 0 Å². The van der Waals surface area contributed by atoms with Crippen LogP contribution in [0.2, 0.25) is 5.02 Å². The average Bonchev–Trinajstić information content (AvgIpc) is 2.58. The summed E-state index contributed by atoms with van der Waals surface area (Å²) in [6.45, 7) is 6.52. The van der Waals surface area contributed by atoms with Gasteiger partial charge >= 0.3 is 0 Å². The third kappa shape index (κ3) is 4.90. The molecule has 0 aliphatic rings. The number of hydrogen-bond donors (Lipinski definition) is 1. The fourth-order valence-electron chi connectivity index (χ4n) is 2.11. The summed E-state index contributed by atoms with van der Waals surface area (Å²) in [6, 6.07) is 10.8. The highest BCUT2D eigenvalue weighted by Crippen LogP contribution is 2.27. The zero-order valence-corrected chi connectivity index (χ0v) is 14.9. The lowest BCUT2D eigenvalue weighted by Gasteiger charge is -2.12. The summed E-state index contributed by atoms with van der Waals surface area (Å²) in [5, 5.41) is 3.48. The van der Waals surface area contributed by atoms with Crippen molar-refractivity contribution < 1.29 is 14.3 Å². The monoisotopic (exact) mass is 347 g/mol. The minimum atomic E-state index is -0.218. The van der Waals surface area contributed by atoms with Gasteiger partial charge in [-0.3, -0.25) is 4.79 Å². The second-order valence-electron chi connectivity index (χ2n) is 5.51. The van der Waals surface area contributed by atoms with E-state index in [1.54, 1.807) is 24.3 Å². The highest BCUT2D eigenvalue weighted by atomic mass is 35.5. The summed E-state index contributed by atoms with van der Waals surface area (Å²) in [7, 11) is 0. The summed E-state index contributed by atoms with van der Waals surface area (Å²) in [4.78, 5) is 12.0. The number of nitrogens with one attached hydrogen (secondary N) is 1. The number of anilines is 1. The van der Waals surface area contributed by atoms with Crippen LogP contribution in [0.1, 0.15) is 24.5 Å². The molecule has 0 saturated carbocycles. The van der Waals surface area contributed by atoms with Gasteiger partial charge < -0.3 is 14.8 Å². The number of amides is 1. The van der Waals surface area contributed by atoms with E-state index in [1.165, 1.54) is 0 Å². The molecule has 0 fully saturated rings. The van der Waals surface area contributed by atoms with Crippen molar-refractivity contribution in [3.63, 3.8) is 0 Å². The first-order valence-corrected chi connectivity index (χ1v) is 8.30. The first-order chi connectivity index (χ1) is 11.5. The molecule has 1 N–H and O–H groups in total. The first-order valence-electron chi connectivity index (χ1n) is 7.92. The van der Waals surface area contributed by atoms with Crippen molar-refractivity contribution in [3.05, 3.63) is 52.5 Å². The number of ether oxygens (including phenoxy) is 2. The van der Waals surface area contributed by atoms with Gasteiger partial charge in [0.1, 0.15) is 11.5 Å². The van der Waals surface area contributed by atoms with Gasteiger partial charge in [0.15, 0.2) is 6.61 Å². The molecule has 0 heterocycles. The standard InChI is InChI=1S/C19H22ClNO3/c1-4-11-23-16-7-5-15(6-8-16)21-19(22)12-24-18-10-9-17(20)13(2)14(18)3/h5-10H,4,11-12H2,1-3H3,(H,21,22). The lowest BCUT2D eigenvalue weighted by atomic mass is 10.1. The van der Waals surface area contributed by atoms with Gasteiger partial charge in [-0.25, -0.2) is 0 Å². The molecule has 0 spiro atoms. The predicted octanol–water partition coefficient (Wildman–Crippen LogP) is 4.76. The highest BCUT2D eigenvalue weighted by Gasteiger charge is 2.09. The molecule has 2 aromatic carbocycles. The van der Waals surface area contributed by atoms with Crippen LogP contribution in [0.4, 0.5) is 5.69 Å². The van der Waals surface area contributed by atoms with Gasteiger partial charge in [0, 0.05) is 10.7 Å². The number of rotatable bonds is 7. The minimum Gasteiger partial charge on any atom is -0.494 e. The maximum atomic E-state index is 12.0. The summed E-state index contributed by atoms with van der Waals surface area (Å²) in [5.74, 6) is 1.23. The summed E-state index contributed by atoms with van der Waals surface area (Å²) >= 11 is 6.06. The summed E-state index contributed by atoms with van der Waals surface area (Å²) in [5.41, 5.74) is 2.60. The van der Waals surface area contributed by atoms with Gasteiger partial charge in [-0.1, -0.05) is 18.5 Å². The average molecular weight is 348 g/mol. The van der Waals surface area contributed by atoms with Crippen molar-refractivity contribution in [2.75, 3.05) is 18.5 Å². The van der Waals surface area contributed by atoms with E-state index in [9.17, 15) is 4.79 Å². The van der Waals surface area contributed by atoms with E-state index in [-0.39, 0.29) is 12.5 Å².